The summed E-state index contributed by atoms with van der Waals surface area (Å²) in [5.41, 5.74) is 0.735. The number of fused-ring (bicyclic) bond motifs is 1. The van der Waals surface area contributed by atoms with Gasteiger partial charge in [-0.2, -0.15) is 0 Å². The molecule has 0 aromatic carbocycles. The molecule has 2 aliphatic heterocycles. The number of hydrogen-bond donors (Lipinski definition) is 1. The number of Topliss-reactive ketones (excluding diaryl/α,β-unsaturated/α-hetero) is 1. The number of ether oxygens (including phenoxy) is 2. The number of rotatable bonds is 2. The molecule has 2 aromatic rings. The number of allylic oxidation sites excluding steroid dienone is 1. The monoisotopic (exact) mass is 326 g/mol. The fourth-order valence-corrected chi connectivity index (χ4v) is 2.82. The lowest BCUT2D eigenvalue weighted by atomic mass is 9.90. The van der Waals surface area contributed by atoms with E-state index >= 15 is 0 Å². The van der Waals surface area contributed by atoms with Gasteiger partial charge in [-0.1, -0.05) is 0 Å². The van der Waals surface area contributed by atoms with Gasteiger partial charge in [-0.3, -0.25) is 9.53 Å². The summed E-state index contributed by atoms with van der Waals surface area (Å²) in [4.78, 5) is 12.3. The van der Waals surface area contributed by atoms with E-state index in [2.05, 4.69) is 0 Å². The lowest BCUT2D eigenvalue weighted by Crippen LogP contribution is -2.47. The van der Waals surface area contributed by atoms with Crippen LogP contribution in [0.2, 0.25) is 0 Å². The second-order valence-electron chi connectivity index (χ2n) is 5.54. The number of carbonyl (C=O) groups excluding carboxylic acids is 1. The average Bonchev–Trinajstić information content (AvgIpc) is 3.22. The maximum absolute atomic E-state index is 12.3. The van der Waals surface area contributed by atoms with E-state index in [1.165, 1.54) is 6.26 Å². The van der Waals surface area contributed by atoms with Crippen LogP contribution in [0, 0.1) is 0 Å². The molecule has 0 radical (unpaired) electrons. The normalized spacial score (nSPS) is 28.2. The smallest absolute Gasteiger partial charge is 0.238 e. The molecule has 4 heterocycles. The lowest BCUT2D eigenvalue weighted by Gasteiger charge is -2.40. The van der Waals surface area contributed by atoms with Crippen molar-refractivity contribution in [1.29, 1.82) is 0 Å². The van der Waals surface area contributed by atoms with E-state index in [0.717, 1.165) is 0 Å². The van der Waals surface area contributed by atoms with Crippen molar-refractivity contribution in [2.24, 2.45) is 0 Å². The molecular weight excluding hydrogens is 312 g/mol. The predicted octanol–water partition coefficient (Wildman–Crippen LogP) is 2.89. The summed E-state index contributed by atoms with van der Waals surface area (Å²) in [6.07, 6.45) is 6.51. The first kappa shape index (κ1) is 14.7. The van der Waals surface area contributed by atoms with Crippen molar-refractivity contribution in [3.63, 3.8) is 0 Å². The van der Waals surface area contributed by atoms with E-state index in [1.807, 2.05) is 0 Å². The minimum absolute atomic E-state index is 0.245. The standard InChI is InChI=1S/C18H14O6/c1-18-13(7-6-12(23-18)10-11-4-2-8-21-11)15(14-5-3-9-22-14)16(19)17(20)24-18/h2-10,17,20H,1H3/b12-10+. The third kappa shape index (κ3) is 2.33. The van der Waals surface area contributed by atoms with Crippen LogP contribution < -0.4 is 0 Å². The van der Waals surface area contributed by atoms with Crippen LogP contribution in [-0.2, 0) is 14.3 Å². The Hall–Kier alpha value is -2.83. The zero-order valence-electron chi connectivity index (χ0n) is 12.8. The molecule has 6 nitrogen and oxygen atoms in total. The van der Waals surface area contributed by atoms with E-state index in [1.54, 1.807) is 55.7 Å². The zero-order valence-corrected chi connectivity index (χ0v) is 12.8. The van der Waals surface area contributed by atoms with Crippen molar-refractivity contribution in [2.45, 2.75) is 19.0 Å². The molecule has 1 N–H and O–H groups in total. The highest BCUT2D eigenvalue weighted by Gasteiger charge is 2.47. The molecule has 2 aliphatic rings. The summed E-state index contributed by atoms with van der Waals surface area (Å²) in [6.45, 7) is 1.64. The van der Waals surface area contributed by atoms with Crippen molar-refractivity contribution in [3.05, 3.63) is 71.8 Å². The molecule has 0 bridgehead atoms. The number of aliphatic hydroxyl groups excluding tert-OH is 1. The fraction of sp³-hybridized carbons (Fsp3) is 0.167. The quantitative estimate of drug-likeness (QED) is 0.914. The summed E-state index contributed by atoms with van der Waals surface area (Å²) in [7, 11) is 0. The van der Waals surface area contributed by atoms with Crippen LogP contribution in [0.4, 0.5) is 0 Å². The molecule has 0 saturated carbocycles. The second kappa shape index (κ2) is 5.36. The second-order valence-corrected chi connectivity index (χ2v) is 5.54. The van der Waals surface area contributed by atoms with Crippen LogP contribution in [0.5, 0.6) is 0 Å². The third-order valence-electron chi connectivity index (χ3n) is 3.89. The van der Waals surface area contributed by atoms with E-state index < -0.39 is 17.9 Å². The molecule has 0 aliphatic carbocycles. The largest absolute Gasteiger partial charge is 0.465 e. The number of hydrogen-bond acceptors (Lipinski definition) is 6. The van der Waals surface area contributed by atoms with Crippen molar-refractivity contribution < 1.29 is 28.2 Å². The van der Waals surface area contributed by atoms with Crippen molar-refractivity contribution >= 4 is 17.4 Å². The molecule has 6 heteroatoms. The van der Waals surface area contributed by atoms with Gasteiger partial charge in [0.15, 0.2) is 0 Å². The number of furan rings is 2. The maximum Gasteiger partial charge on any atom is 0.238 e. The zero-order chi connectivity index (χ0) is 16.7. The van der Waals surface area contributed by atoms with Gasteiger partial charge in [-0.05, 0) is 36.4 Å². The minimum atomic E-state index is -1.63. The van der Waals surface area contributed by atoms with Gasteiger partial charge in [0.2, 0.25) is 17.9 Å². The molecule has 0 spiro atoms. The van der Waals surface area contributed by atoms with E-state index in [-0.39, 0.29) is 5.57 Å². The number of carbonyl (C=O) groups is 1. The van der Waals surface area contributed by atoms with Gasteiger partial charge in [0.05, 0.1) is 18.1 Å². The van der Waals surface area contributed by atoms with Crippen molar-refractivity contribution in [3.8, 4) is 0 Å². The molecule has 122 valence electrons. The Morgan fingerprint density at radius 3 is 2.67 bits per heavy atom. The van der Waals surface area contributed by atoms with Crippen molar-refractivity contribution in [1.82, 2.24) is 0 Å². The molecule has 0 saturated heterocycles. The molecule has 2 aromatic heterocycles. The molecule has 0 amide bonds. The Labute approximate surface area is 137 Å². The minimum Gasteiger partial charge on any atom is -0.465 e. The summed E-state index contributed by atoms with van der Waals surface area (Å²) >= 11 is 0. The first-order chi connectivity index (χ1) is 11.6. The van der Waals surface area contributed by atoms with Gasteiger partial charge < -0.3 is 18.7 Å². The first-order valence-corrected chi connectivity index (χ1v) is 7.38. The first-order valence-electron chi connectivity index (χ1n) is 7.38. The van der Waals surface area contributed by atoms with Crippen LogP contribution in [-0.4, -0.2) is 23.0 Å². The number of ketones is 1. The van der Waals surface area contributed by atoms with Gasteiger partial charge in [0, 0.05) is 18.6 Å². The topological polar surface area (TPSA) is 82.0 Å². The van der Waals surface area contributed by atoms with Gasteiger partial charge in [0.1, 0.15) is 17.3 Å². The summed E-state index contributed by atoms with van der Waals surface area (Å²) in [6, 6.07) is 6.87. The Balaban J connectivity index is 1.83. The Bertz CT molecular complexity index is 853. The summed E-state index contributed by atoms with van der Waals surface area (Å²) < 4.78 is 21.9. The van der Waals surface area contributed by atoms with Crippen LogP contribution in [0.1, 0.15) is 18.4 Å². The molecule has 2 atom stereocenters. The molecule has 0 fully saturated rings. The van der Waals surface area contributed by atoms with Crippen LogP contribution in [0.25, 0.3) is 11.6 Å². The maximum atomic E-state index is 12.3. The van der Waals surface area contributed by atoms with E-state index in [0.29, 0.717) is 22.9 Å². The predicted molar refractivity (Wildman–Crippen MR) is 83.0 cm³/mol. The van der Waals surface area contributed by atoms with Crippen LogP contribution in [0.15, 0.2) is 69.1 Å². The summed E-state index contributed by atoms with van der Waals surface area (Å²) in [5, 5.41) is 10.0. The highest BCUT2D eigenvalue weighted by atomic mass is 16.7. The van der Waals surface area contributed by atoms with Gasteiger partial charge in [-0.15, -0.1) is 0 Å². The van der Waals surface area contributed by atoms with Crippen LogP contribution >= 0.6 is 0 Å². The lowest BCUT2D eigenvalue weighted by molar-refractivity contribution is -0.250. The Morgan fingerprint density at radius 1 is 1.17 bits per heavy atom. The molecule has 2 unspecified atom stereocenters. The molecular formula is C18H14O6. The average molecular weight is 326 g/mol. The third-order valence-corrected chi connectivity index (χ3v) is 3.89. The molecule has 24 heavy (non-hydrogen) atoms. The van der Waals surface area contributed by atoms with E-state index in [4.69, 9.17) is 18.3 Å². The fourth-order valence-electron chi connectivity index (χ4n) is 2.82. The Kier molecular flexibility index (Phi) is 3.30. The van der Waals surface area contributed by atoms with E-state index in [9.17, 15) is 9.90 Å². The Morgan fingerprint density at radius 2 is 1.96 bits per heavy atom. The number of aliphatic hydroxyl groups is 1. The van der Waals surface area contributed by atoms with Crippen molar-refractivity contribution in [2.75, 3.05) is 0 Å². The van der Waals surface area contributed by atoms with Crippen LogP contribution in [0.3, 0.4) is 0 Å². The SMILES string of the molecule is CC12O/C(=C/c3ccco3)C=CC1=C(c1ccco1)C(=O)C(O)O2. The van der Waals surface area contributed by atoms with Gasteiger partial charge >= 0.3 is 0 Å². The highest BCUT2D eigenvalue weighted by molar-refractivity contribution is 6.23. The highest BCUT2D eigenvalue weighted by Crippen LogP contribution is 2.42. The van der Waals surface area contributed by atoms with Gasteiger partial charge in [0.25, 0.3) is 0 Å². The summed E-state index contributed by atoms with van der Waals surface area (Å²) in [5.74, 6) is -0.428. The van der Waals surface area contributed by atoms with Gasteiger partial charge in [-0.25, -0.2) is 0 Å². The molecule has 4 rings (SSSR count).